The molecule has 2 nitrogen and oxygen atoms in total. The van der Waals surface area contributed by atoms with Crippen molar-refractivity contribution < 1.29 is 9.47 Å². The molecule has 0 aliphatic carbocycles. The Labute approximate surface area is 42.7 Å². The van der Waals surface area contributed by atoms with E-state index in [4.69, 9.17) is 9.47 Å². The van der Waals surface area contributed by atoms with Crippen LogP contribution in [-0.4, -0.2) is 5.79 Å². The third-order valence-corrected chi connectivity index (χ3v) is 0.719. The van der Waals surface area contributed by atoms with Gasteiger partial charge in [-0.25, -0.2) is 0 Å². The van der Waals surface area contributed by atoms with Crippen molar-refractivity contribution in [3.63, 3.8) is 0 Å². The van der Waals surface area contributed by atoms with Crippen LogP contribution in [0, 0.1) is 0 Å². The van der Waals surface area contributed by atoms with Gasteiger partial charge in [-0.3, -0.25) is 0 Å². The quantitative estimate of drug-likeness (QED) is 0.456. The van der Waals surface area contributed by atoms with Gasteiger partial charge in [-0.1, -0.05) is 0 Å². The zero-order valence-corrected chi connectivity index (χ0v) is 4.52. The van der Waals surface area contributed by atoms with Gasteiger partial charge < -0.3 is 9.47 Å². The van der Waals surface area contributed by atoms with Crippen LogP contribution < -0.4 is 0 Å². The first kappa shape index (κ1) is 4.50. The molecule has 1 saturated heterocycles. The summed E-state index contributed by atoms with van der Waals surface area (Å²) in [4.78, 5) is 0. The van der Waals surface area contributed by atoms with Crippen LogP contribution in [0.4, 0.5) is 0 Å². The minimum absolute atomic E-state index is 0.406. The lowest BCUT2D eigenvalue weighted by Crippen LogP contribution is -2.38. The maximum absolute atomic E-state index is 4.91. The highest BCUT2D eigenvalue weighted by Gasteiger charge is 2.33. The molecule has 1 aliphatic rings. The first-order valence-electron chi connectivity index (χ1n) is 2.17. The molecule has 0 amide bonds. The van der Waals surface area contributed by atoms with Crippen molar-refractivity contribution in [1.82, 2.24) is 0 Å². The van der Waals surface area contributed by atoms with Gasteiger partial charge in [0.2, 0.25) is 0 Å². The minimum atomic E-state index is -0.406. The van der Waals surface area contributed by atoms with Crippen LogP contribution in [0.25, 0.3) is 0 Å². The number of ether oxygens (including phenoxy) is 2. The summed E-state index contributed by atoms with van der Waals surface area (Å²) in [5.74, 6) is 0.0156. The van der Waals surface area contributed by atoms with E-state index < -0.39 is 5.79 Å². The van der Waals surface area contributed by atoms with E-state index in [-0.39, 0.29) is 0 Å². The number of hydrogen-bond acceptors (Lipinski definition) is 2. The van der Waals surface area contributed by atoms with Crippen molar-refractivity contribution in [3.8, 4) is 0 Å². The monoisotopic (exact) mass is 100 g/mol. The van der Waals surface area contributed by atoms with Gasteiger partial charge in [0.25, 0.3) is 11.7 Å². The molecule has 7 heavy (non-hydrogen) atoms. The van der Waals surface area contributed by atoms with Gasteiger partial charge in [0.05, 0.1) is 0 Å². The molecule has 0 N–H and O–H groups in total. The predicted octanol–water partition coefficient (Wildman–Crippen LogP) is 1.24. The second kappa shape index (κ2) is 0.941. The van der Waals surface area contributed by atoms with Gasteiger partial charge in [0, 0.05) is 13.8 Å². The summed E-state index contributed by atoms with van der Waals surface area (Å²) in [5, 5.41) is 0. The molecule has 1 heterocycles. The SMILES string of the molecule is C=C1OC(C)(C)O1. The van der Waals surface area contributed by atoms with E-state index in [1.165, 1.54) is 0 Å². The van der Waals surface area contributed by atoms with E-state index in [0.29, 0.717) is 5.95 Å². The summed E-state index contributed by atoms with van der Waals surface area (Å²) in [6, 6.07) is 0. The van der Waals surface area contributed by atoms with E-state index in [0.717, 1.165) is 0 Å². The van der Waals surface area contributed by atoms with Crippen LogP contribution in [0.1, 0.15) is 13.8 Å². The summed E-state index contributed by atoms with van der Waals surface area (Å²) in [7, 11) is 0. The molecule has 0 spiro atoms. The molecule has 0 aromatic heterocycles. The smallest absolute Gasteiger partial charge is 0.278 e. The largest absolute Gasteiger partial charge is 0.423 e. The number of hydrogen-bond donors (Lipinski definition) is 0. The highest BCUT2D eigenvalue weighted by atomic mass is 16.9. The van der Waals surface area contributed by atoms with Crippen molar-refractivity contribution in [2.24, 2.45) is 0 Å². The van der Waals surface area contributed by atoms with E-state index in [2.05, 4.69) is 6.58 Å². The van der Waals surface area contributed by atoms with Crippen LogP contribution in [0.2, 0.25) is 0 Å². The number of rotatable bonds is 0. The lowest BCUT2D eigenvalue weighted by molar-refractivity contribution is -0.312. The van der Waals surface area contributed by atoms with Crippen LogP contribution >= 0.6 is 0 Å². The van der Waals surface area contributed by atoms with Crippen LogP contribution in [-0.2, 0) is 9.47 Å². The third kappa shape index (κ3) is 0.683. The molecular formula is C5H8O2. The van der Waals surface area contributed by atoms with Gasteiger partial charge >= 0.3 is 0 Å². The zero-order valence-electron chi connectivity index (χ0n) is 4.52. The van der Waals surface area contributed by atoms with Crippen LogP contribution in [0.3, 0.4) is 0 Å². The highest BCUT2D eigenvalue weighted by Crippen LogP contribution is 2.28. The first-order chi connectivity index (χ1) is 3.10. The molecule has 0 radical (unpaired) electrons. The van der Waals surface area contributed by atoms with E-state index >= 15 is 0 Å². The molecule has 0 saturated carbocycles. The molecule has 0 aromatic rings. The third-order valence-electron chi connectivity index (χ3n) is 0.719. The van der Waals surface area contributed by atoms with E-state index in [1.54, 1.807) is 0 Å². The average molecular weight is 100 g/mol. The van der Waals surface area contributed by atoms with E-state index in [1.807, 2.05) is 13.8 Å². The van der Waals surface area contributed by atoms with Crippen molar-refractivity contribution >= 4 is 0 Å². The molecule has 0 aromatic carbocycles. The second-order valence-electron chi connectivity index (χ2n) is 1.98. The molecule has 1 rings (SSSR count). The van der Waals surface area contributed by atoms with Crippen LogP contribution in [0.15, 0.2) is 12.5 Å². The fourth-order valence-corrected chi connectivity index (χ4v) is 0.556. The summed E-state index contributed by atoms with van der Waals surface area (Å²) in [6.45, 7) is 7.08. The average Bonchev–Trinajstić information content (AvgIpc) is 1.27. The molecule has 0 atom stereocenters. The fraction of sp³-hybridized carbons (Fsp3) is 0.600. The van der Waals surface area contributed by atoms with Crippen molar-refractivity contribution in [2.75, 3.05) is 0 Å². The molecule has 1 aliphatic heterocycles. The molecule has 0 unspecified atom stereocenters. The van der Waals surface area contributed by atoms with Gasteiger partial charge in [-0.05, 0) is 6.58 Å². The van der Waals surface area contributed by atoms with Gasteiger partial charge in [-0.15, -0.1) is 0 Å². The summed E-state index contributed by atoms with van der Waals surface area (Å²) >= 11 is 0. The maximum atomic E-state index is 4.91. The van der Waals surface area contributed by atoms with Crippen LogP contribution in [0.5, 0.6) is 0 Å². The Morgan fingerprint density at radius 3 is 1.86 bits per heavy atom. The Balaban J connectivity index is 2.43. The Kier molecular flexibility index (Phi) is 0.604. The molecule has 1 fully saturated rings. The van der Waals surface area contributed by atoms with Crippen molar-refractivity contribution in [3.05, 3.63) is 12.5 Å². The van der Waals surface area contributed by atoms with E-state index in [9.17, 15) is 0 Å². The van der Waals surface area contributed by atoms with Gasteiger partial charge in [0.15, 0.2) is 0 Å². The zero-order chi connectivity index (χ0) is 5.49. The summed E-state index contributed by atoms with van der Waals surface area (Å²) in [6.07, 6.45) is 0. The first-order valence-corrected chi connectivity index (χ1v) is 2.17. The fourth-order valence-electron chi connectivity index (χ4n) is 0.556. The highest BCUT2D eigenvalue weighted by molar-refractivity contribution is 4.83. The Bertz CT molecular complexity index is 94.6. The summed E-state index contributed by atoms with van der Waals surface area (Å²) in [5.41, 5.74) is 0. The minimum Gasteiger partial charge on any atom is -0.423 e. The molecule has 0 bridgehead atoms. The normalized spacial score (nSPS) is 24.6. The van der Waals surface area contributed by atoms with Gasteiger partial charge in [-0.2, -0.15) is 0 Å². The Morgan fingerprint density at radius 1 is 1.43 bits per heavy atom. The van der Waals surface area contributed by atoms with Gasteiger partial charge in [0.1, 0.15) is 0 Å². The lowest BCUT2D eigenvalue weighted by Gasteiger charge is -2.37. The second-order valence-corrected chi connectivity index (χ2v) is 1.98. The van der Waals surface area contributed by atoms with Crippen molar-refractivity contribution in [1.29, 1.82) is 0 Å². The topological polar surface area (TPSA) is 18.5 Å². The maximum Gasteiger partial charge on any atom is 0.278 e. The Morgan fingerprint density at radius 2 is 1.86 bits per heavy atom. The molecule has 2 heteroatoms. The predicted molar refractivity (Wildman–Crippen MR) is 25.4 cm³/mol. The summed E-state index contributed by atoms with van der Waals surface area (Å²) < 4.78 is 9.82. The molecular weight excluding hydrogens is 92.1 g/mol. The Hall–Kier alpha value is -0.660. The molecule has 40 valence electrons. The standard InChI is InChI=1S/C5H8O2/c1-4-6-5(2,3)7-4/h1H2,2-3H3. The lowest BCUT2D eigenvalue weighted by atomic mass is 10.3. The van der Waals surface area contributed by atoms with Crippen molar-refractivity contribution in [2.45, 2.75) is 19.6 Å².